The van der Waals surface area contributed by atoms with Crippen LogP contribution in [0.25, 0.3) is 10.9 Å². The maximum Gasteiger partial charge on any atom is 0.410 e. The number of aliphatic hydroxyl groups is 2. The summed E-state index contributed by atoms with van der Waals surface area (Å²) in [5.74, 6) is -12.0. The van der Waals surface area contributed by atoms with Crippen molar-refractivity contribution in [2.75, 3.05) is 77.6 Å². The lowest BCUT2D eigenvalue weighted by molar-refractivity contribution is -0.116. The van der Waals surface area contributed by atoms with Crippen LogP contribution in [0.4, 0.5) is 14.9 Å². The van der Waals surface area contributed by atoms with Crippen LogP contribution in [0.1, 0.15) is 120 Å². The number of amides is 2. The average molecular weight is 1200 g/mol. The van der Waals surface area contributed by atoms with Crippen LogP contribution < -0.4 is 20.4 Å². The van der Waals surface area contributed by atoms with Crippen LogP contribution in [0.5, 0.6) is 17.2 Å². The number of fused-ring (bicyclic) bond motifs is 15. The number of aromatic hydroxyl groups is 2. The normalized spacial score (nSPS) is 29.8. The third kappa shape index (κ3) is 11.1. The van der Waals surface area contributed by atoms with Gasteiger partial charge in [-0.25, -0.2) is 14.0 Å². The van der Waals surface area contributed by atoms with Crippen LogP contribution in [0.3, 0.4) is 0 Å². The number of carbonyl (C=O) groups excluding carboxylic acids is 5. The Kier molecular flexibility index (Phi) is 17.3. The van der Waals surface area contributed by atoms with Gasteiger partial charge in [0, 0.05) is 119 Å². The predicted molar refractivity (Wildman–Crippen MR) is 309 cm³/mol. The van der Waals surface area contributed by atoms with E-state index in [9.17, 15) is 59.1 Å². The number of hydrogen-bond donors (Lipinski definition) is 6. The van der Waals surface area contributed by atoms with Crippen molar-refractivity contribution in [2.24, 2.45) is 23.7 Å². The molecule has 8 aliphatic rings. The number of benzene rings is 2. The van der Waals surface area contributed by atoms with Crippen molar-refractivity contribution in [2.45, 2.75) is 116 Å². The number of aromatic carboxylic acids is 1. The molecule has 3 saturated heterocycles. The minimum Gasteiger partial charge on any atom is -0.507 e. The Bertz CT molecular complexity index is 3460. The molecular formula is C62H75FN6O17. The number of phenolic OH excluding ortho intramolecular Hbond substituents is 2. The number of likely N-dealkylation sites (tertiary alicyclic amines) is 1. The first-order valence-electron chi connectivity index (χ1n) is 29.4. The summed E-state index contributed by atoms with van der Waals surface area (Å²) in [6.45, 7) is 14.0. The molecular weight excluding hydrogens is 1120 g/mol. The standard InChI is InChI=1S/C62H75FN6O17/c1-30-10-9-11-31(2)59(78)64-45-48(67-23-26-83-27-24-67)54(75)42-43(53(45)74)51(72)35(6)57-44(42)58(77)62(7,86-57)84-25-16-41(82-8)32(3)56(34(5)50(71)33(4)49(30)70)85-61(81)68-17-14-36(15-18-68)65-19-21-66(22-20-65)47-40(63)28-38-46(55(47)76)69(37-12-13-37)29-39(52(38)73)60(79)80/h9-11,16,25,28-30,32-34,36-37,41,49-50,56,70-72,76H,12-15,17-24,26-27H2,1-8H3,(H,64,78)(H,79,80)/b10-9+,25-16+,31-11-/t30-,32+,33+,34+,41-,49-,50+,56+,62-/m0/s1. The van der Waals surface area contributed by atoms with Gasteiger partial charge in [0.05, 0.1) is 65.4 Å². The summed E-state index contributed by atoms with van der Waals surface area (Å²) in [5, 5.41) is 59.3. The number of pyridine rings is 1. The van der Waals surface area contributed by atoms with Crippen molar-refractivity contribution < 1.29 is 82.4 Å². The highest BCUT2D eigenvalue weighted by Crippen LogP contribution is 2.50. The van der Waals surface area contributed by atoms with Crippen LogP contribution in [-0.4, -0.2) is 189 Å². The number of ketones is 3. The molecule has 2 aromatic carbocycles. The van der Waals surface area contributed by atoms with Crippen molar-refractivity contribution in [3.05, 3.63) is 104 Å². The number of ether oxygens (including phenoxy) is 5. The van der Waals surface area contributed by atoms with Crippen molar-refractivity contribution in [1.82, 2.24) is 24.6 Å². The van der Waals surface area contributed by atoms with E-state index in [4.69, 9.17) is 23.7 Å². The Hall–Kier alpha value is -7.64. The monoisotopic (exact) mass is 1190 g/mol. The van der Waals surface area contributed by atoms with Gasteiger partial charge >= 0.3 is 17.8 Å². The molecule has 1 aromatic heterocycles. The molecule has 11 rings (SSSR count). The van der Waals surface area contributed by atoms with Crippen LogP contribution in [0.2, 0.25) is 0 Å². The number of morpholine rings is 1. The summed E-state index contributed by atoms with van der Waals surface area (Å²) in [7, 11) is 1.42. The van der Waals surface area contributed by atoms with Crippen LogP contribution in [-0.2, 0) is 23.7 Å². The fourth-order valence-electron chi connectivity index (χ4n) is 13.0. The maximum absolute atomic E-state index is 15.9. The Balaban J connectivity index is 0.879. The lowest BCUT2D eigenvalue weighted by Crippen LogP contribution is -2.54. The number of Topliss-reactive ketones (excluding diaryl/α,β-unsaturated/α-hetero) is 3. The molecule has 462 valence electrons. The number of rotatable bonds is 7. The van der Waals surface area contributed by atoms with Crippen LogP contribution in [0.15, 0.2) is 64.6 Å². The number of aliphatic hydroxyl groups excluding tert-OH is 2. The highest BCUT2D eigenvalue weighted by molar-refractivity contribution is 6.32. The first-order chi connectivity index (χ1) is 40.9. The number of anilines is 1. The lowest BCUT2D eigenvalue weighted by Gasteiger charge is -2.44. The molecule has 2 amide bonds. The van der Waals surface area contributed by atoms with E-state index in [1.165, 1.54) is 52.5 Å². The third-order valence-corrected chi connectivity index (χ3v) is 18.5. The molecule has 2 aliphatic carbocycles. The highest BCUT2D eigenvalue weighted by Gasteiger charge is 2.53. The number of piperidine rings is 1. The molecule has 0 unspecified atom stereocenters. The Morgan fingerprint density at radius 3 is 2.10 bits per heavy atom. The number of nitrogens with one attached hydrogen (secondary N) is 1. The second kappa shape index (κ2) is 24.3. The minimum atomic E-state index is -2.16. The summed E-state index contributed by atoms with van der Waals surface area (Å²) in [6, 6.07) is 0.918. The minimum absolute atomic E-state index is 0.0292. The molecule has 24 heteroatoms. The SMILES string of the molecule is CO[C@H]1/C=C/O[C@@]2(C)Oc3c(C)c(O)c4c(c3C2=O)C(=O)C(N2CCOCC2)=C(NC(=O)/C(C)=C\C=C\[C@H](C)[C@H](O)[C@@H](C)[C@@H](O)[C@@H](C)[C@H](OC(=O)N2CCC(N3CCN(c5c(F)cc6c(=O)c(C(=O)O)cn(C7CC7)c6c5O)CC3)CC2)[C@@H]1C)C4=O. The van der Waals surface area contributed by atoms with E-state index in [2.05, 4.69) is 10.2 Å². The van der Waals surface area contributed by atoms with Gasteiger partial charge in [0.25, 0.3) is 11.7 Å². The van der Waals surface area contributed by atoms with Crippen molar-refractivity contribution >= 4 is 51.9 Å². The Morgan fingerprint density at radius 1 is 0.791 bits per heavy atom. The summed E-state index contributed by atoms with van der Waals surface area (Å²) in [6.07, 6.45) is 5.98. The van der Waals surface area contributed by atoms with E-state index in [1.807, 2.05) is 0 Å². The molecule has 6 N–H and O–H groups in total. The van der Waals surface area contributed by atoms with Gasteiger partial charge in [0.15, 0.2) is 11.6 Å². The summed E-state index contributed by atoms with van der Waals surface area (Å²) in [5.41, 5.74) is -3.03. The van der Waals surface area contributed by atoms with Crippen molar-refractivity contribution in [1.29, 1.82) is 0 Å². The summed E-state index contributed by atoms with van der Waals surface area (Å²) < 4.78 is 47.7. The smallest absolute Gasteiger partial charge is 0.410 e. The van der Waals surface area contributed by atoms with Gasteiger partial charge in [-0.1, -0.05) is 45.9 Å². The second-order valence-corrected chi connectivity index (χ2v) is 23.9. The van der Waals surface area contributed by atoms with Gasteiger partial charge in [-0.15, -0.1) is 0 Å². The highest BCUT2D eigenvalue weighted by atomic mass is 19.1. The number of hydrogen-bond acceptors (Lipinski definition) is 19. The number of phenols is 2. The Labute approximate surface area is 495 Å². The zero-order valence-electron chi connectivity index (χ0n) is 49.5. The fourth-order valence-corrected chi connectivity index (χ4v) is 13.0. The van der Waals surface area contributed by atoms with E-state index in [1.54, 1.807) is 59.1 Å². The topological polar surface area (TPSA) is 297 Å². The maximum atomic E-state index is 15.9. The molecule has 7 heterocycles. The molecule has 3 aromatic rings. The number of carboxylic acids is 1. The number of carbonyl (C=O) groups is 6. The van der Waals surface area contributed by atoms with Crippen LogP contribution in [0, 0.1) is 36.4 Å². The first-order valence-corrected chi connectivity index (χ1v) is 29.4. The van der Waals surface area contributed by atoms with Crippen molar-refractivity contribution in [3.8, 4) is 17.2 Å². The Morgan fingerprint density at radius 2 is 1.47 bits per heavy atom. The molecule has 0 spiro atoms. The second-order valence-electron chi connectivity index (χ2n) is 23.9. The predicted octanol–water partition coefficient (Wildman–Crippen LogP) is 5.34. The molecule has 9 atom stereocenters. The zero-order valence-corrected chi connectivity index (χ0v) is 49.5. The molecule has 23 nitrogen and oxygen atoms in total. The van der Waals surface area contributed by atoms with Gasteiger partial charge in [0.1, 0.15) is 40.2 Å². The van der Waals surface area contributed by atoms with Gasteiger partial charge < -0.3 is 73.8 Å². The van der Waals surface area contributed by atoms with Gasteiger partial charge in [-0.3, -0.25) is 28.9 Å². The van der Waals surface area contributed by atoms with Crippen molar-refractivity contribution in [3.63, 3.8) is 0 Å². The van der Waals surface area contributed by atoms with Gasteiger partial charge in [0.2, 0.25) is 17.0 Å². The van der Waals surface area contributed by atoms with E-state index >= 15 is 4.39 Å². The molecule has 5 bridgehead atoms. The fraction of sp³-hybridized carbons (Fsp3) is 0.532. The van der Waals surface area contributed by atoms with Gasteiger partial charge in [-0.05, 0) is 51.7 Å². The van der Waals surface area contributed by atoms with E-state index in [0.29, 0.717) is 52.1 Å². The molecule has 6 aliphatic heterocycles. The zero-order chi connectivity index (χ0) is 62.0. The molecule has 4 fully saturated rings. The van der Waals surface area contributed by atoms with E-state index < -0.39 is 134 Å². The number of carboxylic acid groups (broad SMARTS) is 1. The largest absolute Gasteiger partial charge is 0.507 e. The number of aromatic nitrogens is 1. The third-order valence-electron chi connectivity index (χ3n) is 18.5. The molecule has 86 heavy (non-hydrogen) atoms. The van der Waals surface area contributed by atoms with E-state index in [-0.39, 0.29) is 83.1 Å². The summed E-state index contributed by atoms with van der Waals surface area (Å²) >= 11 is 0. The number of halogens is 1. The number of allylic oxidation sites excluding steroid dienone is 4. The number of methoxy groups -OCH3 is 1. The average Bonchev–Trinajstić information content (AvgIpc) is 1.44. The van der Waals surface area contributed by atoms with Crippen LogP contribution >= 0.6 is 0 Å². The van der Waals surface area contributed by atoms with Gasteiger partial charge in [-0.2, -0.15) is 0 Å². The van der Waals surface area contributed by atoms with E-state index in [0.717, 1.165) is 18.9 Å². The number of piperazine rings is 1. The number of nitrogens with zero attached hydrogens (tertiary/aromatic N) is 5. The molecule has 1 saturated carbocycles. The quantitative estimate of drug-likeness (QED) is 0.174. The summed E-state index contributed by atoms with van der Waals surface area (Å²) in [4.78, 5) is 105. The first kappa shape index (κ1) is 61.4. The molecule has 0 radical (unpaired) electrons. The lowest BCUT2D eigenvalue weighted by atomic mass is 9.78.